The minimum Gasteiger partial charge on any atom is -0.493 e. The molecule has 2 amide bonds. The van der Waals surface area contributed by atoms with Gasteiger partial charge in [0.05, 0.1) is 18.6 Å². The van der Waals surface area contributed by atoms with Crippen molar-refractivity contribution >= 4 is 29.0 Å². The van der Waals surface area contributed by atoms with E-state index in [-0.39, 0.29) is 28.2 Å². The zero-order chi connectivity index (χ0) is 19.4. The van der Waals surface area contributed by atoms with E-state index in [1.807, 2.05) is 30.3 Å². The predicted octanol–water partition coefficient (Wildman–Crippen LogP) is 4.53. The summed E-state index contributed by atoms with van der Waals surface area (Å²) in [7, 11) is 1.32. The maximum Gasteiger partial charge on any atom is 0.387 e. The van der Waals surface area contributed by atoms with Gasteiger partial charge in [-0.2, -0.15) is 8.78 Å². The molecule has 1 saturated heterocycles. The number of methoxy groups -OCH3 is 1. The van der Waals surface area contributed by atoms with Crippen molar-refractivity contribution in [1.29, 1.82) is 0 Å². The van der Waals surface area contributed by atoms with E-state index >= 15 is 0 Å². The van der Waals surface area contributed by atoms with E-state index in [9.17, 15) is 18.4 Å². The molecule has 0 bridgehead atoms. The summed E-state index contributed by atoms with van der Waals surface area (Å²) in [5, 5.41) is -0.361. The van der Waals surface area contributed by atoms with Gasteiger partial charge >= 0.3 is 6.61 Å². The number of imide groups is 1. The zero-order valence-electron chi connectivity index (χ0n) is 14.2. The van der Waals surface area contributed by atoms with E-state index in [4.69, 9.17) is 4.74 Å². The van der Waals surface area contributed by atoms with Gasteiger partial charge in [-0.3, -0.25) is 14.5 Å². The normalized spacial score (nSPS) is 15.7. The number of carbonyl (C=O) groups is 2. The van der Waals surface area contributed by atoms with Crippen LogP contribution < -0.4 is 9.47 Å². The van der Waals surface area contributed by atoms with Crippen LogP contribution >= 0.6 is 11.8 Å². The lowest BCUT2D eigenvalue weighted by molar-refractivity contribution is -0.123. The summed E-state index contributed by atoms with van der Waals surface area (Å²) in [6, 6.07) is 13.5. The van der Waals surface area contributed by atoms with Crippen LogP contribution in [0.1, 0.15) is 11.1 Å². The first-order chi connectivity index (χ1) is 13.0. The number of thioether (sulfide) groups is 1. The van der Waals surface area contributed by atoms with Gasteiger partial charge in [0, 0.05) is 0 Å². The Morgan fingerprint density at radius 2 is 1.85 bits per heavy atom. The van der Waals surface area contributed by atoms with Crippen LogP contribution in [0.5, 0.6) is 11.5 Å². The van der Waals surface area contributed by atoms with Gasteiger partial charge in [0.2, 0.25) is 0 Å². The Hall–Kier alpha value is -2.87. The molecule has 0 spiro atoms. The van der Waals surface area contributed by atoms with Crippen molar-refractivity contribution in [2.75, 3.05) is 7.11 Å². The van der Waals surface area contributed by atoms with Gasteiger partial charge in [-0.05, 0) is 41.1 Å². The average molecular weight is 391 g/mol. The minimum atomic E-state index is -2.97. The zero-order valence-corrected chi connectivity index (χ0v) is 15.0. The summed E-state index contributed by atoms with van der Waals surface area (Å²) < 4.78 is 34.2. The number of hydrogen-bond acceptors (Lipinski definition) is 5. The molecule has 27 heavy (non-hydrogen) atoms. The van der Waals surface area contributed by atoms with Crippen molar-refractivity contribution in [3.05, 3.63) is 64.6 Å². The lowest BCUT2D eigenvalue weighted by Crippen LogP contribution is -2.27. The Bertz CT molecular complexity index is 887. The topological polar surface area (TPSA) is 55.8 Å². The van der Waals surface area contributed by atoms with Crippen molar-refractivity contribution in [3.8, 4) is 11.5 Å². The monoisotopic (exact) mass is 391 g/mol. The molecule has 0 radical (unpaired) electrons. The van der Waals surface area contributed by atoms with E-state index in [1.54, 1.807) is 0 Å². The molecule has 2 aromatic rings. The summed E-state index contributed by atoms with van der Waals surface area (Å²) in [6.07, 6.45) is 1.52. The molecule has 0 aromatic heterocycles. The molecule has 5 nitrogen and oxygen atoms in total. The number of halogens is 2. The van der Waals surface area contributed by atoms with Crippen molar-refractivity contribution in [2.45, 2.75) is 13.2 Å². The Balaban J connectivity index is 1.81. The fourth-order valence-corrected chi connectivity index (χ4v) is 3.36. The van der Waals surface area contributed by atoms with Crippen LogP contribution in [0.3, 0.4) is 0 Å². The largest absolute Gasteiger partial charge is 0.493 e. The molecule has 0 unspecified atom stereocenters. The van der Waals surface area contributed by atoms with Crippen LogP contribution in [0.4, 0.5) is 13.6 Å². The molecule has 1 aliphatic rings. The summed E-state index contributed by atoms with van der Waals surface area (Å²) in [5.41, 5.74) is 1.37. The van der Waals surface area contributed by atoms with Crippen molar-refractivity contribution in [2.24, 2.45) is 0 Å². The second-order valence-electron chi connectivity index (χ2n) is 5.54. The summed E-state index contributed by atoms with van der Waals surface area (Å²) in [4.78, 5) is 26.2. The molecular weight excluding hydrogens is 376 g/mol. The molecule has 1 heterocycles. The van der Waals surface area contributed by atoms with E-state index in [2.05, 4.69) is 4.74 Å². The molecule has 0 saturated carbocycles. The maximum absolute atomic E-state index is 12.6. The van der Waals surface area contributed by atoms with Gasteiger partial charge in [0.15, 0.2) is 11.5 Å². The van der Waals surface area contributed by atoms with Crippen LogP contribution in [0, 0.1) is 0 Å². The highest BCUT2D eigenvalue weighted by Crippen LogP contribution is 2.35. The third kappa shape index (κ3) is 4.46. The van der Waals surface area contributed by atoms with Crippen LogP contribution in [0.2, 0.25) is 0 Å². The number of carbonyl (C=O) groups excluding carboxylic acids is 2. The first-order valence-electron chi connectivity index (χ1n) is 7.90. The molecule has 0 aliphatic carbocycles. The molecule has 8 heteroatoms. The maximum atomic E-state index is 12.6. The van der Waals surface area contributed by atoms with Crippen molar-refractivity contribution < 1.29 is 27.8 Å². The van der Waals surface area contributed by atoms with E-state index in [0.717, 1.165) is 22.2 Å². The van der Waals surface area contributed by atoms with E-state index in [0.29, 0.717) is 5.56 Å². The SMILES string of the molecule is COc1cc(/C=C2\SC(=O)N(Cc3ccccc3)C2=O)ccc1OC(F)F. The summed E-state index contributed by atoms with van der Waals surface area (Å²) >= 11 is 0.831. The molecule has 2 aromatic carbocycles. The number of nitrogens with zero attached hydrogens (tertiary/aromatic N) is 1. The molecule has 0 atom stereocenters. The third-order valence-electron chi connectivity index (χ3n) is 3.76. The number of rotatable bonds is 6. The quantitative estimate of drug-likeness (QED) is 0.677. The summed E-state index contributed by atoms with van der Waals surface area (Å²) in [6.45, 7) is -2.79. The fraction of sp³-hybridized carbons (Fsp3) is 0.158. The van der Waals surface area contributed by atoms with E-state index in [1.165, 1.54) is 31.4 Å². The fourth-order valence-electron chi connectivity index (χ4n) is 2.52. The van der Waals surface area contributed by atoms with Crippen LogP contribution in [0.25, 0.3) is 6.08 Å². The van der Waals surface area contributed by atoms with Gasteiger partial charge in [0.25, 0.3) is 11.1 Å². The van der Waals surface area contributed by atoms with Gasteiger partial charge in [-0.15, -0.1) is 0 Å². The molecule has 0 N–H and O–H groups in total. The second kappa shape index (κ2) is 8.22. The first-order valence-corrected chi connectivity index (χ1v) is 8.71. The van der Waals surface area contributed by atoms with Gasteiger partial charge in [0.1, 0.15) is 0 Å². The molecule has 1 aliphatic heterocycles. The lowest BCUT2D eigenvalue weighted by Gasteiger charge is -2.12. The number of amides is 2. The Kier molecular flexibility index (Phi) is 5.75. The first kappa shape index (κ1) is 18.9. The number of ether oxygens (including phenoxy) is 2. The molecule has 140 valence electrons. The molecule has 1 fully saturated rings. The smallest absolute Gasteiger partial charge is 0.387 e. The third-order valence-corrected chi connectivity index (χ3v) is 4.67. The summed E-state index contributed by atoms with van der Waals surface area (Å²) in [5.74, 6) is -0.407. The number of hydrogen-bond donors (Lipinski definition) is 0. The van der Waals surface area contributed by atoms with Crippen molar-refractivity contribution in [3.63, 3.8) is 0 Å². The van der Waals surface area contributed by atoms with Gasteiger partial charge in [-0.1, -0.05) is 36.4 Å². The molecular formula is C19H15F2NO4S. The van der Waals surface area contributed by atoms with Crippen LogP contribution in [0.15, 0.2) is 53.4 Å². The number of alkyl halides is 2. The standard InChI is InChI=1S/C19H15F2NO4S/c1-25-15-9-13(7-8-14(15)26-18(20)21)10-16-17(23)22(19(24)27-16)11-12-5-3-2-4-6-12/h2-10,18H,11H2,1H3/b16-10-. The average Bonchev–Trinajstić information content (AvgIpc) is 2.91. The highest BCUT2D eigenvalue weighted by molar-refractivity contribution is 8.18. The highest BCUT2D eigenvalue weighted by Gasteiger charge is 2.35. The minimum absolute atomic E-state index is 0.104. The van der Waals surface area contributed by atoms with Gasteiger partial charge < -0.3 is 9.47 Å². The van der Waals surface area contributed by atoms with Crippen LogP contribution in [-0.4, -0.2) is 29.8 Å². The number of benzene rings is 2. The predicted molar refractivity (Wildman–Crippen MR) is 97.6 cm³/mol. The van der Waals surface area contributed by atoms with Crippen molar-refractivity contribution in [1.82, 2.24) is 4.90 Å². The Labute approximate surface area is 158 Å². The van der Waals surface area contributed by atoms with E-state index < -0.39 is 12.5 Å². The Morgan fingerprint density at radius 1 is 1.11 bits per heavy atom. The lowest BCUT2D eigenvalue weighted by atomic mass is 10.1. The molecule has 3 rings (SSSR count). The highest BCUT2D eigenvalue weighted by atomic mass is 32.2. The Morgan fingerprint density at radius 3 is 2.52 bits per heavy atom. The second-order valence-corrected chi connectivity index (χ2v) is 6.54. The van der Waals surface area contributed by atoms with Crippen LogP contribution in [-0.2, 0) is 11.3 Å². The van der Waals surface area contributed by atoms with Gasteiger partial charge in [-0.25, -0.2) is 0 Å².